The largest absolute Gasteiger partial charge is 0.508 e. The Morgan fingerprint density at radius 1 is 1.00 bits per heavy atom. The second kappa shape index (κ2) is 12.9. The van der Waals surface area contributed by atoms with Crippen LogP contribution in [0.5, 0.6) is 5.75 Å². The number of amides is 2. The molecular weight excluding hydrogens is 448 g/mol. The normalized spacial score (nSPS) is 20.1. The van der Waals surface area contributed by atoms with Crippen molar-refractivity contribution in [3.05, 3.63) is 53.1 Å². The number of carboxylic acids is 1. The van der Waals surface area contributed by atoms with Crippen LogP contribution in [-0.2, 0) is 27.2 Å². The van der Waals surface area contributed by atoms with E-state index in [4.69, 9.17) is 11.5 Å². The van der Waals surface area contributed by atoms with Crippen molar-refractivity contribution in [2.75, 3.05) is 6.54 Å². The molecule has 9 nitrogen and oxygen atoms in total. The van der Waals surface area contributed by atoms with Crippen LogP contribution in [0.1, 0.15) is 44.4 Å². The molecule has 0 spiro atoms. The monoisotopic (exact) mass is 486 g/mol. The number of carbonyl (C=O) groups is 3. The molecule has 1 aliphatic rings. The average Bonchev–Trinajstić information content (AvgIpc) is 2.78. The van der Waals surface area contributed by atoms with Crippen LogP contribution in [-0.4, -0.2) is 52.7 Å². The summed E-state index contributed by atoms with van der Waals surface area (Å²) in [4.78, 5) is 37.6. The molecule has 2 amide bonds. The van der Waals surface area contributed by atoms with Gasteiger partial charge in [-0.25, -0.2) is 4.79 Å². The predicted octanol–water partition coefficient (Wildman–Crippen LogP) is 1.86. The van der Waals surface area contributed by atoms with Gasteiger partial charge in [0.05, 0.1) is 6.04 Å². The zero-order valence-electron chi connectivity index (χ0n) is 18.5. The van der Waals surface area contributed by atoms with Gasteiger partial charge in [-0.05, 0) is 66.3 Å². The summed E-state index contributed by atoms with van der Waals surface area (Å²) in [6, 6.07) is 7.53. The molecule has 0 aromatic heterocycles. The predicted molar refractivity (Wildman–Crippen MR) is 137 cm³/mol. The Kier molecular flexibility index (Phi) is 10.9. The Morgan fingerprint density at radius 2 is 1.63 bits per heavy atom. The number of aliphatic carboxylic acids is 1. The molecule has 0 radical (unpaired) electrons. The number of carboxylic acid groups (broad SMARTS) is 1. The molecule has 8 N–H and O–H groups in total. The molecule has 0 saturated carbocycles. The van der Waals surface area contributed by atoms with Crippen molar-refractivity contribution in [2.45, 2.75) is 65.6 Å². The zero-order chi connectivity index (χ0) is 24.1. The SMILES string of the molecule is C.C.Cc1ccc2cc1C[C@@H](C(=O)O)NC(=O)[C@H](CCCN)NC(=O)[C@@H](N)Cc1cc-2ccc1O. The molecule has 3 atom stereocenters. The lowest BCUT2D eigenvalue weighted by atomic mass is 9.94. The molecule has 0 aliphatic carbocycles. The van der Waals surface area contributed by atoms with E-state index in [0.717, 1.165) is 22.3 Å². The van der Waals surface area contributed by atoms with E-state index in [1.165, 1.54) is 0 Å². The van der Waals surface area contributed by atoms with Gasteiger partial charge in [0.1, 0.15) is 17.8 Å². The first-order chi connectivity index (χ1) is 15.7. The van der Waals surface area contributed by atoms with Gasteiger partial charge in [-0.1, -0.05) is 39.1 Å². The van der Waals surface area contributed by atoms with Gasteiger partial charge in [-0.15, -0.1) is 0 Å². The minimum atomic E-state index is -1.18. The summed E-state index contributed by atoms with van der Waals surface area (Å²) in [6.45, 7) is 2.18. The maximum Gasteiger partial charge on any atom is 0.326 e. The molecule has 0 unspecified atom stereocenters. The first-order valence-corrected chi connectivity index (χ1v) is 10.9. The van der Waals surface area contributed by atoms with Crippen LogP contribution in [0, 0.1) is 6.92 Å². The Labute approximate surface area is 206 Å². The van der Waals surface area contributed by atoms with Crippen LogP contribution in [0.4, 0.5) is 0 Å². The van der Waals surface area contributed by atoms with Gasteiger partial charge >= 0.3 is 5.97 Å². The van der Waals surface area contributed by atoms with E-state index >= 15 is 0 Å². The van der Waals surface area contributed by atoms with Crippen molar-refractivity contribution >= 4 is 17.8 Å². The third-order valence-electron chi connectivity index (χ3n) is 5.91. The summed E-state index contributed by atoms with van der Waals surface area (Å²) in [5.74, 6) is -2.34. The van der Waals surface area contributed by atoms with E-state index in [-0.39, 0.29) is 39.9 Å². The third-order valence-corrected chi connectivity index (χ3v) is 5.91. The lowest BCUT2D eigenvalue weighted by molar-refractivity contribution is -0.142. The van der Waals surface area contributed by atoms with Crippen LogP contribution in [0.15, 0.2) is 36.4 Å². The smallest absolute Gasteiger partial charge is 0.326 e. The molecule has 35 heavy (non-hydrogen) atoms. The highest BCUT2D eigenvalue weighted by Gasteiger charge is 2.29. The van der Waals surface area contributed by atoms with Crippen LogP contribution < -0.4 is 22.1 Å². The summed E-state index contributed by atoms with van der Waals surface area (Å²) < 4.78 is 0. The Morgan fingerprint density at radius 3 is 2.26 bits per heavy atom. The second-order valence-electron chi connectivity index (χ2n) is 8.39. The average molecular weight is 487 g/mol. The molecule has 9 heteroatoms. The third kappa shape index (κ3) is 7.27. The zero-order valence-corrected chi connectivity index (χ0v) is 18.5. The number of aryl methyl sites for hydroxylation is 1. The maximum absolute atomic E-state index is 12.9. The Hall–Kier alpha value is -3.43. The van der Waals surface area contributed by atoms with Crippen LogP contribution in [0.2, 0.25) is 0 Å². The fourth-order valence-corrected chi connectivity index (χ4v) is 3.89. The van der Waals surface area contributed by atoms with Crippen LogP contribution in [0.3, 0.4) is 0 Å². The second-order valence-corrected chi connectivity index (χ2v) is 8.39. The van der Waals surface area contributed by atoms with E-state index in [1.807, 2.05) is 25.1 Å². The summed E-state index contributed by atoms with van der Waals surface area (Å²) >= 11 is 0. The van der Waals surface area contributed by atoms with Gasteiger partial charge in [-0.3, -0.25) is 9.59 Å². The number of carbonyl (C=O) groups excluding carboxylic acids is 2. The minimum Gasteiger partial charge on any atom is -0.508 e. The number of rotatable bonds is 4. The standard InChI is InChI=1S/C24H30N4O5.2CH4/c1-13-4-5-14-9-16(13)12-20(24(32)33)28-23(31)19(3-2-8-25)27-22(30)18(26)11-17-10-15(14)6-7-21(17)29;;/h4-7,9-10,18-20,29H,2-3,8,11-12,25-26H2,1H3,(H,27,30)(H,28,31)(H,32,33);2*1H4/t18-,19-,20-;;/m0../s1. The molecule has 1 aliphatic heterocycles. The molecule has 2 aromatic carbocycles. The van der Waals surface area contributed by atoms with E-state index < -0.39 is 35.9 Å². The highest BCUT2D eigenvalue weighted by molar-refractivity contribution is 5.92. The first kappa shape index (κ1) is 29.6. The van der Waals surface area contributed by atoms with Crippen molar-refractivity contribution in [1.82, 2.24) is 10.6 Å². The fraction of sp³-hybridized carbons (Fsp3) is 0.423. The van der Waals surface area contributed by atoms with Crippen molar-refractivity contribution in [3.63, 3.8) is 0 Å². The first-order valence-electron chi connectivity index (χ1n) is 10.9. The van der Waals surface area contributed by atoms with E-state index in [2.05, 4.69) is 10.6 Å². The van der Waals surface area contributed by atoms with Crippen molar-refractivity contribution in [1.29, 1.82) is 0 Å². The van der Waals surface area contributed by atoms with Gasteiger partial charge in [0, 0.05) is 12.8 Å². The van der Waals surface area contributed by atoms with E-state index in [1.54, 1.807) is 18.2 Å². The molecule has 3 rings (SSSR count). The van der Waals surface area contributed by atoms with E-state index in [0.29, 0.717) is 18.5 Å². The molecule has 192 valence electrons. The summed E-state index contributed by atoms with van der Waals surface area (Å²) in [5.41, 5.74) is 15.4. The van der Waals surface area contributed by atoms with Crippen LogP contribution >= 0.6 is 0 Å². The molecule has 1 heterocycles. The number of phenols is 1. The molecule has 0 fully saturated rings. The summed E-state index contributed by atoms with van der Waals surface area (Å²) in [6.07, 6.45) is 0.827. The topological polar surface area (TPSA) is 168 Å². The molecule has 2 aromatic rings. The fourth-order valence-electron chi connectivity index (χ4n) is 3.89. The Balaban J connectivity index is 0.00000306. The number of nitrogens with one attached hydrogen (secondary N) is 2. The van der Waals surface area contributed by atoms with Crippen molar-refractivity contribution < 1.29 is 24.6 Å². The highest BCUT2D eigenvalue weighted by atomic mass is 16.4. The number of fused-ring (bicyclic) bond motifs is 5. The Bertz CT molecular complexity index is 1060. The lowest BCUT2D eigenvalue weighted by Gasteiger charge is -2.23. The minimum absolute atomic E-state index is 0. The number of hydrogen-bond donors (Lipinski definition) is 6. The number of benzene rings is 2. The molecular formula is C26H38N4O5. The van der Waals surface area contributed by atoms with Gasteiger partial charge < -0.3 is 32.3 Å². The number of aromatic hydroxyl groups is 1. The van der Waals surface area contributed by atoms with Crippen LogP contribution in [0.25, 0.3) is 11.1 Å². The highest BCUT2D eigenvalue weighted by Crippen LogP contribution is 2.29. The van der Waals surface area contributed by atoms with Gasteiger partial charge in [-0.2, -0.15) is 0 Å². The van der Waals surface area contributed by atoms with Crippen molar-refractivity contribution in [2.24, 2.45) is 11.5 Å². The summed E-state index contributed by atoms with van der Waals surface area (Å²) in [5, 5.41) is 25.3. The molecule has 0 saturated heterocycles. The maximum atomic E-state index is 12.9. The number of hydrogen-bond acceptors (Lipinski definition) is 6. The number of nitrogens with two attached hydrogens (primary N) is 2. The molecule has 4 bridgehead atoms. The van der Waals surface area contributed by atoms with Gasteiger partial charge in [0.2, 0.25) is 11.8 Å². The van der Waals surface area contributed by atoms with Gasteiger partial charge in [0.25, 0.3) is 0 Å². The summed E-state index contributed by atoms with van der Waals surface area (Å²) in [7, 11) is 0. The lowest BCUT2D eigenvalue weighted by Crippen LogP contribution is -2.55. The van der Waals surface area contributed by atoms with E-state index in [9.17, 15) is 24.6 Å². The quantitative estimate of drug-likeness (QED) is 0.383. The van der Waals surface area contributed by atoms with Gasteiger partial charge in [0.15, 0.2) is 0 Å². The number of phenolic OH excluding ortho intramolecular Hbond substituents is 1. The van der Waals surface area contributed by atoms with Crippen molar-refractivity contribution in [3.8, 4) is 16.9 Å².